The van der Waals surface area contributed by atoms with Crippen LogP contribution in [0.2, 0.25) is 0 Å². The average molecular weight is 372 g/mol. The number of furan rings is 1. The number of amides is 2. The summed E-state index contributed by atoms with van der Waals surface area (Å²) in [7, 11) is 1.48. The Kier molecular flexibility index (Phi) is 8.58. The van der Waals surface area contributed by atoms with Gasteiger partial charge in [-0.2, -0.15) is 0 Å². The van der Waals surface area contributed by atoms with Crippen molar-refractivity contribution < 1.29 is 18.7 Å². The molecular formula is C21H28N2O4. The van der Waals surface area contributed by atoms with Crippen LogP contribution in [0, 0.1) is 0 Å². The Balaban J connectivity index is 2.05. The molecule has 0 fully saturated rings. The molecule has 6 nitrogen and oxygen atoms in total. The molecule has 2 aromatic rings. The van der Waals surface area contributed by atoms with E-state index in [1.54, 1.807) is 22.1 Å². The summed E-state index contributed by atoms with van der Waals surface area (Å²) >= 11 is 0. The number of methoxy groups -OCH3 is 1. The third-order valence-electron chi connectivity index (χ3n) is 4.23. The highest BCUT2D eigenvalue weighted by Crippen LogP contribution is 2.09. The van der Waals surface area contributed by atoms with Crippen LogP contribution in [0.15, 0.2) is 53.1 Å². The molecule has 27 heavy (non-hydrogen) atoms. The lowest BCUT2D eigenvalue weighted by atomic mass is 10.1. The normalized spacial score (nSPS) is 10.6. The van der Waals surface area contributed by atoms with E-state index in [9.17, 15) is 9.59 Å². The molecule has 0 saturated carbocycles. The lowest BCUT2D eigenvalue weighted by Crippen LogP contribution is -2.44. The van der Waals surface area contributed by atoms with Gasteiger partial charge in [0.15, 0.2) is 0 Å². The van der Waals surface area contributed by atoms with Crippen LogP contribution < -0.4 is 0 Å². The fraction of sp³-hybridized carbons (Fsp3) is 0.429. The molecule has 0 spiro atoms. The minimum Gasteiger partial charge on any atom is -0.467 e. The zero-order valence-electron chi connectivity index (χ0n) is 16.1. The maximum absolute atomic E-state index is 12.9. The maximum Gasteiger partial charge on any atom is 0.249 e. The number of rotatable bonds is 11. The van der Waals surface area contributed by atoms with E-state index in [0.29, 0.717) is 19.6 Å². The van der Waals surface area contributed by atoms with Crippen molar-refractivity contribution >= 4 is 11.8 Å². The van der Waals surface area contributed by atoms with Gasteiger partial charge in [-0.25, -0.2) is 0 Å². The van der Waals surface area contributed by atoms with E-state index in [2.05, 4.69) is 0 Å². The molecule has 0 N–H and O–H groups in total. The van der Waals surface area contributed by atoms with Crippen LogP contribution in [-0.2, 0) is 27.3 Å². The smallest absolute Gasteiger partial charge is 0.249 e. The third kappa shape index (κ3) is 6.90. The van der Waals surface area contributed by atoms with Crippen LogP contribution in [-0.4, -0.2) is 55.0 Å². The van der Waals surface area contributed by atoms with Gasteiger partial charge in [0.2, 0.25) is 11.8 Å². The van der Waals surface area contributed by atoms with Crippen LogP contribution in [0.4, 0.5) is 0 Å². The van der Waals surface area contributed by atoms with E-state index in [1.807, 2.05) is 43.3 Å². The van der Waals surface area contributed by atoms with Crippen molar-refractivity contribution in [1.29, 1.82) is 0 Å². The molecule has 0 saturated heterocycles. The molecule has 6 heteroatoms. The van der Waals surface area contributed by atoms with Crippen LogP contribution in [0.5, 0.6) is 0 Å². The molecular weight excluding hydrogens is 344 g/mol. The van der Waals surface area contributed by atoms with E-state index in [1.165, 1.54) is 7.11 Å². The van der Waals surface area contributed by atoms with E-state index in [4.69, 9.17) is 9.15 Å². The summed E-state index contributed by atoms with van der Waals surface area (Å²) in [6.07, 6.45) is 3.12. The summed E-state index contributed by atoms with van der Waals surface area (Å²) in [6, 6.07) is 13.7. The molecule has 0 aliphatic heterocycles. The second-order valence-electron chi connectivity index (χ2n) is 6.38. The molecule has 0 aliphatic carbocycles. The molecule has 0 radical (unpaired) electrons. The molecule has 0 aliphatic rings. The van der Waals surface area contributed by atoms with Crippen molar-refractivity contribution in [2.24, 2.45) is 0 Å². The van der Waals surface area contributed by atoms with Gasteiger partial charge < -0.3 is 19.0 Å². The minimum absolute atomic E-state index is 0.0184. The Hall–Kier alpha value is -2.60. The molecule has 146 valence electrons. The van der Waals surface area contributed by atoms with Crippen molar-refractivity contribution in [2.75, 3.05) is 33.4 Å². The van der Waals surface area contributed by atoms with Crippen LogP contribution in [0.1, 0.15) is 24.7 Å². The Bertz CT molecular complexity index is 685. The highest BCUT2D eigenvalue weighted by Gasteiger charge is 2.21. The van der Waals surface area contributed by atoms with Crippen molar-refractivity contribution in [1.82, 2.24) is 9.80 Å². The maximum atomic E-state index is 12.9. The summed E-state index contributed by atoms with van der Waals surface area (Å²) in [5, 5.41) is 0. The molecule has 0 bridgehead atoms. The van der Waals surface area contributed by atoms with Gasteiger partial charge in [-0.05, 0) is 30.5 Å². The summed E-state index contributed by atoms with van der Waals surface area (Å²) in [6.45, 7) is 3.48. The summed E-state index contributed by atoms with van der Waals surface area (Å²) < 4.78 is 10.3. The first kappa shape index (κ1) is 20.7. The molecule has 0 unspecified atom stereocenters. The number of benzene rings is 1. The SMILES string of the molecule is CCCN(CC(=O)N(CCc1ccccc1)Cc1ccco1)C(=O)COC. The second-order valence-corrected chi connectivity index (χ2v) is 6.38. The standard InChI is InChI=1S/C21H28N2O4/c1-3-12-22(21(25)17-26-2)16-20(24)23(15-19-10-7-14-27-19)13-11-18-8-5-4-6-9-18/h4-10,14H,3,11-13,15-17H2,1-2H3. The molecule has 2 rings (SSSR count). The van der Waals surface area contributed by atoms with Gasteiger partial charge in [0.25, 0.3) is 0 Å². The summed E-state index contributed by atoms with van der Waals surface area (Å²) in [4.78, 5) is 28.4. The summed E-state index contributed by atoms with van der Waals surface area (Å²) in [5.41, 5.74) is 1.16. The number of ether oxygens (including phenoxy) is 1. The molecule has 1 aromatic carbocycles. The fourth-order valence-electron chi connectivity index (χ4n) is 2.83. The van der Waals surface area contributed by atoms with Gasteiger partial charge in [0.1, 0.15) is 12.4 Å². The fourth-order valence-corrected chi connectivity index (χ4v) is 2.83. The lowest BCUT2D eigenvalue weighted by Gasteiger charge is -2.27. The third-order valence-corrected chi connectivity index (χ3v) is 4.23. The van der Waals surface area contributed by atoms with Gasteiger partial charge in [-0.15, -0.1) is 0 Å². The Morgan fingerprint density at radius 1 is 1.00 bits per heavy atom. The Morgan fingerprint density at radius 2 is 1.78 bits per heavy atom. The number of hydrogen-bond acceptors (Lipinski definition) is 4. The van der Waals surface area contributed by atoms with Crippen molar-refractivity contribution in [3.8, 4) is 0 Å². The first-order valence-corrected chi connectivity index (χ1v) is 9.24. The number of carbonyl (C=O) groups is 2. The Morgan fingerprint density at radius 3 is 2.41 bits per heavy atom. The topological polar surface area (TPSA) is 63.0 Å². The van der Waals surface area contributed by atoms with Crippen LogP contribution in [0.25, 0.3) is 0 Å². The molecule has 1 aromatic heterocycles. The van der Waals surface area contributed by atoms with Gasteiger partial charge in [-0.1, -0.05) is 37.3 Å². The van der Waals surface area contributed by atoms with Crippen molar-refractivity contribution in [2.45, 2.75) is 26.3 Å². The van der Waals surface area contributed by atoms with E-state index in [-0.39, 0.29) is 25.0 Å². The predicted octanol–water partition coefficient (Wildman–Crippen LogP) is 2.74. The van der Waals surface area contributed by atoms with E-state index < -0.39 is 0 Å². The highest BCUT2D eigenvalue weighted by atomic mass is 16.5. The highest BCUT2D eigenvalue weighted by molar-refractivity contribution is 5.85. The molecule has 2 amide bonds. The zero-order valence-corrected chi connectivity index (χ0v) is 16.1. The molecule has 1 heterocycles. The zero-order chi connectivity index (χ0) is 19.5. The van der Waals surface area contributed by atoms with E-state index >= 15 is 0 Å². The minimum atomic E-state index is -0.172. The lowest BCUT2D eigenvalue weighted by molar-refractivity contribution is -0.143. The monoisotopic (exact) mass is 372 g/mol. The predicted molar refractivity (Wildman–Crippen MR) is 103 cm³/mol. The van der Waals surface area contributed by atoms with Crippen LogP contribution >= 0.6 is 0 Å². The number of carbonyl (C=O) groups excluding carboxylic acids is 2. The van der Waals surface area contributed by atoms with Gasteiger partial charge in [0, 0.05) is 20.2 Å². The van der Waals surface area contributed by atoms with Gasteiger partial charge in [-0.3, -0.25) is 9.59 Å². The molecule has 0 atom stereocenters. The van der Waals surface area contributed by atoms with Crippen molar-refractivity contribution in [3.63, 3.8) is 0 Å². The summed E-state index contributed by atoms with van der Waals surface area (Å²) in [5.74, 6) is 0.454. The first-order valence-electron chi connectivity index (χ1n) is 9.24. The first-order chi connectivity index (χ1) is 13.1. The van der Waals surface area contributed by atoms with E-state index in [0.717, 1.165) is 24.2 Å². The van der Waals surface area contributed by atoms with Gasteiger partial charge >= 0.3 is 0 Å². The number of nitrogens with zero attached hydrogens (tertiary/aromatic N) is 2. The Labute approximate surface area is 160 Å². The second kappa shape index (κ2) is 11.2. The number of hydrogen-bond donors (Lipinski definition) is 0. The van der Waals surface area contributed by atoms with Gasteiger partial charge in [0.05, 0.1) is 19.4 Å². The van der Waals surface area contributed by atoms with Crippen LogP contribution in [0.3, 0.4) is 0 Å². The quantitative estimate of drug-likeness (QED) is 0.608. The largest absolute Gasteiger partial charge is 0.467 e. The van der Waals surface area contributed by atoms with Crippen molar-refractivity contribution in [3.05, 3.63) is 60.1 Å². The average Bonchev–Trinajstić information content (AvgIpc) is 3.19.